The van der Waals surface area contributed by atoms with Crippen molar-refractivity contribution in [1.82, 2.24) is 0 Å². The third-order valence-corrected chi connectivity index (χ3v) is 2.37. The largest absolute Gasteiger partial charge is 1.00 e. The fourth-order valence-electron chi connectivity index (χ4n) is 1.46. The zero-order chi connectivity index (χ0) is 10.6. The third-order valence-electron chi connectivity index (χ3n) is 2.37. The van der Waals surface area contributed by atoms with E-state index in [0.717, 1.165) is 12.8 Å². The Morgan fingerprint density at radius 1 is 1.07 bits per heavy atom. The van der Waals surface area contributed by atoms with Crippen LogP contribution in [0.4, 0.5) is 0 Å². The SMILES string of the molecule is CCCCCCCCCCC(=O)ON.[H-].[Na+]. The molecule has 0 fully saturated rings. The van der Waals surface area contributed by atoms with Crippen LogP contribution in [0, 0.1) is 0 Å². The molecule has 0 aliphatic carbocycles. The Bertz CT molecular complexity index is 148. The predicted molar refractivity (Wildman–Crippen MR) is 58.6 cm³/mol. The first-order valence-electron chi connectivity index (χ1n) is 5.70. The summed E-state index contributed by atoms with van der Waals surface area (Å²) in [5.41, 5.74) is 0. The van der Waals surface area contributed by atoms with Gasteiger partial charge < -0.3 is 6.26 Å². The first-order chi connectivity index (χ1) is 6.81. The standard InChI is InChI=1S/C11H23NO2.Na.H/c1-2-3-4-5-6-7-8-9-10-11(13)14-12;;/h2-10,12H2,1H3;;/q;+1;-1. The molecule has 0 aromatic rings. The smallest absolute Gasteiger partial charge is 1.00 e. The van der Waals surface area contributed by atoms with Gasteiger partial charge in [-0.25, -0.2) is 0 Å². The molecule has 0 aromatic carbocycles. The number of carbonyl (C=O) groups is 1. The molecule has 0 radical (unpaired) electrons. The molecule has 0 unspecified atom stereocenters. The Kier molecular flexibility index (Phi) is 17.1. The van der Waals surface area contributed by atoms with Crippen molar-refractivity contribution in [3.63, 3.8) is 0 Å². The molecule has 0 rings (SSSR count). The Morgan fingerprint density at radius 3 is 2.00 bits per heavy atom. The molecular formula is C11H24NNaO2. The van der Waals surface area contributed by atoms with E-state index in [-0.39, 0.29) is 37.0 Å². The van der Waals surface area contributed by atoms with Crippen molar-refractivity contribution in [2.24, 2.45) is 5.90 Å². The first-order valence-corrected chi connectivity index (χ1v) is 5.70. The zero-order valence-corrected chi connectivity index (χ0v) is 12.3. The van der Waals surface area contributed by atoms with Gasteiger partial charge in [-0.1, -0.05) is 51.9 Å². The minimum atomic E-state index is -0.295. The van der Waals surface area contributed by atoms with Gasteiger partial charge in [0.05, 0.1) is 0 Å². The van der Waals surface area contributed by atoms with E-state index < -0.39 is 0 Å². The van der Waals surface area contributed by atoms with E-state index in [1.54, 1.807) is 0 Å². The maximum atomic E-state index is 10.6. The second-order valence-corrected chi connectivity index (χ2v) is 3.71. The molecule has 0 aliphatic rings. The average molecular weight is 225 g/mol. The van der Waals surface area contributed by atoms with E-state index in [2.05, 4.69) is 11.8 Å². The third kappa shape index (κ3) is 14.4. The second kappa shape index (κ2) is 14.4. The fourth-order valence-corrected chi connectivity index (χ4v) is 1.46. The van der Waals surface area contributed by atoms with Gasteiger partial charge in [0.2, 0.25) is 0 Å². The van der Waals surface area contributed by atoms with Gasteiger partial charge in [-0.05, 0) is 6.42 Å². The van der Waals surface area contributed by atoms with E-state index in [1.807, 2.05) is 0 Å². The Hall–Kier alpha value is 0.430. The molecule has 0 atom stereocenters. The minimum Gasteiger partial charge on any atom is -1.00 e. The van der Waals surface area contributed by atoms with Crippen LogP contribution >= 0.6 is 0 Å². The summed E-state index contributed by atoms with van der Waals surface area (Å²) >= 11 is 0. The summed E-state index contributed by atoms with van der Waals surface area (Å²) in [5.74, 6) is 4.42. The molecule has 0 bridgehead atoms. The van der Waals surface area contributed by atoms with Gasteiger partial charge in [0, 0.05) is 6.42 Å². The minimum absolute atomic E-state index is 0. The fraction of sp³-hybridized carbons (Fsp3) is 0.909. The quantitative estimate of drug-likeness (QED) is 0.343. The summed E-state index contributed by atoms with van der Waals surface area (Å²) in [6.45, 7) is 2.22. The Morgan fingerprint density at radius 2 is 1.53 bits per heavy atom. The van der Waals surface area contributed by atoms with Gasteiger partial charge in [0.1, 0.15) is 0 Å². The van der Waals surface area contributed by atoms with Crippen molar-refractivity contribution in [3.8, 4) is 0 Å². The van der Waals surface area contributed by atoms with Crippen molar-refractivity contribution in [2.75, 3.05) is 0 Å². The van der Waals surface area contributed by atoms with Gasteiger partial charge in [0.25, 0.3) is 0 Å². The molecule has 0 aliphatic heterocycles. The maximum Gasteiger partial charge on any atom is 1.00 e. The second-order valence-electron chi connectivity index (χ2n) is 3.71. The molecule has 15 heavy (non-hydrogen) atoms. The van der Waals surface area contributed by atoms with Crippen molar-refractivity contribution < 1.29 is 40.6 Å². The van der Waals surface area contributed by atoms with Crippen LogP contribution in [-0.4, -0.2) is 5.97 Å². The number of unbranched alkanes of at least 4 members (excludes halogenated alkanes) is 7. The molecule has 0 amide bonds. The normalized spacial score (nSPS) is 9.47. The van der Waals surface area contributed by atoms with Gasteiger partial charge in [-0.2, -0.15) is 5.90 Å². The molecule has 0 spiro atoms. The number of rotatable bonds is 9. The summed E-state index contributed by atoms with van der Waals surface area (Å²) in [5, 5.41) is 0. The molecule has 0 heterocycles. The molecule has 2 N–H and O–H groups in total. The maximum absolute atomic E-state index is 10.6. The summed E-state index contributed by atoms with van der Waals surface area (Å²) in [6, 6.07) is 0. The van der Waals surface area contributed by atoms with Crippen molar-refractivity contribution in [1.29, 1.82) is 0 Å². The Balaban J connectivity index is -0.000000845. The van der Waals surface area contributed by atoms with E-state index in [4.69, 9.17) is 5.90 Å². The Labute approximate surface area is 117 Å². The zero-order valence-electron chi connectivity index (χ0n) is 11.3. The number of carbonyl (C=O) groups excluding carboxylic acids is 1. The predicted octanol–water partition coefficient (Wildman–Crippen LogP) is 0.0506. The van der Waals surface area contributed by atoms with Crippen LogP contribution in [0.15, 0.2) is 0 Å². The molecule has 4 heteroatoms. The van der Waals surface area contributed by atoms with E-state index in [1.165, 1.54) is 38.5 Å². The van der Waals surface area contributed by atoms with Gasteiger partial charge in [-0.3, -0.25) is 4.79 Å². The average Bonchev–Trinajstić information content (AvgIpc) is 2.21. The van der Waals surface area contributed by atoms with Crippen LogP contribution in [0.2, 0.25) is 0 Å². The molecule has 0 saturated carbocycles. The van der Waals surface area contributed by atoms with Crippen LogP contribution in [-0.2, 0) is 9.63 Å². The topological polar surface area (TPSA) is 52.3 Å². The van der Waals surface area contributed by atoms with Crippen molar-refractivity contribution >= 4 is 5.97 Å². The van der Waals surface area contributed by atoms with E-state index in [0.29, 0.717) is 6.42 Å². The summed E-state index contributed by atoms with van der Waals surface area (Å²) in [7, 11) is 0. The van der Waals surface area contributed by atoms with E-state index in [9.17, 15) is 4.79 Å². The first kappa shape index (κ1) is 17.8. The monoisotopic (exact) mass is 225 g/mol. The van der Waals surface area contributed by atoms with Crippen LogP contribution in [0.25, 0.3) is 0 Å². The van der Waals surface area contributed by atoms with Gasteiger partial charge in [0.15, 0.2) is 0 Å². The number of hydrogen-bond donors (Lipinski definition) is 1. The van der Waals surface area contributed by atoms with Crippen LogP contribution in [0.1, 0.15) is 66.1 Å². The molecule has 0 saturated heterocycles. The van der Waals surface area contributed by atoms with Crippen molar-refractivity contribution in [2.45, 2.75) is 64.7 Å². The van der Waals surface area contributed by atoms with Gasteiger partial charge in [-0.15, -0.1) is 0 Å². The number of nitrogens with two attached hydrogens (primary N) is 1. The van der Waals surface area contributed by atoms with E-state index >= 15 is 0 Å². The molecular weight excluding hydrogens is 201 g/mol. The molecule has 0 aromatic heterocycles. The molecule has 86 valence electrons. The summed E-state index contributed by atoms with van der Waals surface area (Å²) < 4.78 is 0. The number of hydrogen-bond acceptors (Lipinski definition) is 3. The summed E-state index contributed by atoms with van der Waals surface area (Å²) in [4.78, 5) is 14.7. The summed E-state index contributed by atoms with van der Waals surface area (Å²) in [6.07, 6.45) is 10.3. The van der Waals surface area contributed by atoms with Gasteiger partial charge >= 0.3 is 35.5 Å². The van der Waals surface area contributed by atoms with Crippen molar-refractivity contribution in [3.05, 3.63) is 0 Å². The van der Waals surface area contributed by atoms with Crippen LogP contribution in [0.3, 0.4) is 0 Å². The molecule has 3 nitrogen and oxygen atoms in total. The van der Waals surface area contributed by atoms with Crippen LogP contribution in [0.5, 0.6) is 0 Å². The van der Waals surface area contributed by atoms with Crippen LogP contribution < -0.4 is 35.5 Å².